The average Bonchev–Trinajstić information content (AvgIpc) is 2.83. The molecule has 0 spiro atoms. The Hall–Kier alpha value is -3.37. The molecule has 0 amide bonds. The highest BCUT2D eigenvalue weighted by Gasteiger charge is 2.14. The van der Waals surface area contributed by atoms with Gasteiger partial charge in [0.1, 0.15) is 18.2 Å². The summed E-state index contributed by atoms with van der Waals surface area (Å²) in [5.74, 6) is 1.01. The Bertz CT molecular complexity index is 1520. The molecule has 0 aliphatic rings. The van der Waals surface area contributed by atoms with Crippen molar-refractivity contribution in [1.82, 2.24) is 9.66 Å². The molecule has 178 valence electrons. The molecule has 0 N–H and O–H groups in total. The third-order valence-electron chi connectivity index (χ3n) is 5.15. The molecule has 35 heavy (non-hydrogen) atoms. The van der Waals surface area contributed by atoms with Crippen LogP contribution in [-0.4, -0.2) is 20.8 Å². The van der Waals surface area contributed by atoms with Crippen molar-refractivity contribution in [1.29, 1.82) is 0 Å². The van der Waals surface area contributed by atoms with Crippen molar-refractivity contribution in [3.8, 4) is 5.75 Å². The van der Waals surface area contributed by atoms with Crippen molar-refractivity contribution in [2.45, 2.75) is 26.4 Å². The van der Waals surface area contributed by atoms with Crippen LogP contribution in [0.25, 0.3) is 10.9 Å². The molecule has 0 fully saturated rings. The lowest BCUT2D eigenvalue weighted by atomic mass is 10.2. The van der Waals surface area contributed by atoms with Crippen LogP contribution in [0.5, 0.6) is 5.75 Å². The van der Waals surface area contributed by atoms with E-state index in [9.17, 15) is 14.9 Å². The Morgan fingerprint density at radius 3 is 2.60 bits per heavy atom. The zero-order valence-corrected chi connectivity index (χ0v) is 22.0. The van der Waals surface area contributed by atoms with E-state index in [1.165, 1.54) is 16.8 Å². The number of hydrogen-bond donors (Lipinski definition) is 0. The van der Waals surface area contributed by atoms with Gasteiger partial charge in [-0.25, -0.2) is 4.98 Å². The zero-order valence-electron chi connectivity index (χ0n) is 18.8. The number of rotatable bonds is 7. The molecule has 0 aliphatic carbocycles. The lowest BCUT2D eigenvalue weighted by Crippen LogP contribution is -2.23. The standard InChI is InChI=1S/C25H20Br2N4O4/c1-15(2)24-29-22-8-6-19(27)12-21(22)25(32)30(24)28-13-17-11-18(26)7-9-23(17)35-14-16-4-3-5-20(10-16)31(33)34/h3-13,15H,14H2,1-2H3. The minimum atomic E-state index is -0.443. The maximum Gasteiger partial charge on any atom is 0.282 e. The first kappa shape index (κ1) is 24.7. The molecule has 0 atom stereocenters. The second-order valence-electron chi connectivity index (χ2n) is 8.05. The summed E-state index contributed by atoms with van der Waals surface area (Å²) in [5, 5.41) is 16.0. The van der Waals surface area contributed by atoms with E-state index in [0.717, 1.165) is 8.95 Å². The van der Waals surface area contributed by atoms with Crippen molar-refractivity contribution < 1.29 is 9.66 Å². The van der Waals surface area contributed by atoms with E-state index in [1.807, 2.05) is 32.0 Å². The van der Waals surface area contributed by atoms with E-state index >= 15 is 0 Å². The zero-order chi connectivity index (χ0) is 25.1. The van der Waals surface area contributed by atoms with Crippen LogP contribution in [-0.2, 0) is 6.61 Å². The number of aromatic nitrogens is 2. The Balaban J connectivity index is 1.70. The van der Waals surface area contributed by atoms with E-state index in [1.54, 1.807) is 36.5 Å². The van der Waals surface area contributed by atoms with Gasteiger partial charge in [-0.2, -0.15) is 9.78 Å². The molecule has 4 aromatic rings. The van der Waals surface area contributed by atoms with Crippen LogP contribution < -0.4 is 10.3 Å². The van der Waals surface area contributed by atoms with Gasteiger partial charge < -0.3 is 4.74 Å². The molecule has 0 saturated carbocycles. The number of halogens is 2. The van der Waals surface area contributed by atoms with Crippen molar-refractivity contribution in [2.24, 2.45) is 5.10 Å². The predicted octanol–water partition coefficient (Wildman–Crippen LogP) is 6.41. The van der Waals surface area contributed by atoms with E-state index in [-0.39, 0.29) is 23.8 Å². The molecule has 1 aromatic heterocycles. The van der Waals surface area contributed by atoms with Crippen LogP contribution in [0.4, 0.5) is 5.69 Å². The third kappa shape index (κ3) is 5.66. The number of non-ortho nitro benzene ring substituents is 1. The van der Waals surface area contributed by atoms with Crippen molar-refractivity contribution in [3.05, 3.63) is 107 Å². The summed E-state index contributed by atoms with van der Waals surface area (Å²) in [4.78, 5) is 28.5. The molecule has 0 saturated heterocycles. The fourth-order valence-electron chi connectivity index (χ4n) is 3.44. The lowest BCUT2D eigenvalue weighted by Gasteiger charge is -2.13. The normalized spacial score (nSPS) is 11.5. The number of nitro groups is 1. The van der Waals surface area contributed by atoms with Gasteiger partial charge in [0.15, 0.2) is 0 Å². The highest BCUT2D eigenvalue weighted by atomic mass is 79.9. The Morgan fingerprint density at radius 1 is 1.11 bits per heavy atom. The molecule has 0 bridgehead atoms. The first-order valence-electron chi connectivity index (χ1n) is 10.6. The van der Waals surface area contributed by atoms with Crippen LogP contribution in [0, 0.1) is 10.1 Å². The van der Waals surface area contributed by atoms with Crippen LogP contribution in [0.2, 0.25) is 0 Å². The Kier molecular flexibility index (Phi) is 7.42. The summed E-state index contributed by atoms with van der Waals surface area (Å²) in [6.45, 7) is 4.03. The molecule has 4 rings (SSSR count). The van der Waals surface area contributed by atoms with Gasteiger partial charge >= 0.3 is 0 Å². The van der Waals surface area contributed by atoms with Gasteiger partial charge in [-0.05, 0) is 42.0 Å². The van der Waals surface area contributed by atoms with Crippen LogP contribution in [0.15, 0.2) is 79.5 Å². The molecular formula is C25H20Br2N4O4. The van der Waals surface area contributed by atoms with Gasteiger partial charge in [-0.15, -0.1) is 0 Å². The smallest absolute Gasteiger partial charge is 0.282 e. The molecule has 3 aromatic carbocycles. The number of benzene rings is 3. The van der Waals surface area contributed by atoms with Crippen LogP contribution in [0.3, 0.4) is 0 Å². The second kappa shape index (κ2) is 10.5. The molecule has 0 aliphatic heterocycles. The quantitative estimate of drug-likeness (QED) is 0.139. The average molecular weight is 600 g/mol. The number of hydrogen-bond acceptors (Lipinski definition) is 6. The van der Waals surface area contributed by atoms with E-state index < -0.39 is 4.92 Å². The molecule has 0 radical (unpaired) electrons. The fraction of sp³-hybridized carbons (Fsp3) is 0.160. The summed E-state index contributed by atoms with van der Waals surface area (Å²) in [5.41, 5.74) is 1.62. The molecular weight excluding hydrogens is 580 g/mol. The first-order valence-corrected chi connectivity index (χ1v) is 12.2. The summed E-state index contributed by atoms with van der Waals surface area (Å²) >= 11 is 6.87. The number of fused-ring (bicyclic) bond motifs is 1. The SMILES string of the molecule is CC(C)c1nc2ccc(Br)cc2c(=O)n1N=Cc1cc(Br)ccc1OCc1cccc([N+](=O)[O-])c1. The van der Waals surface area contributed by atoms with Crippen molar-refractivity contribution in [2.75, 3.05) is 0 Å². The van der Waals surface area contributed by atoms with Gasteiger partial charge in [0.05, 0.1) is 22.0 Å². The summed E-state index contributed by atoms with van der Waals surface area (Å²) in [6, 6.07) is 17.1. The van der Waals surface area contributed by atoms with Gasteiger partial charge in [-0.1, -0.05) is 57.8 Å². The number of nitro benzene ring substituents is 1. The van der Waals surface area contributed by atoms with Crippen LogP contribution in [0.1, 0.15) is 36.7 Å². The molecule has 1 heterocycles. The predicted molar refractivity (Wildman–Crippen MR) is 142 cm³/mol. The van der Waals surface area contributed by atoms with Crippen molar-refractivity contribution in [3.63, 3.8) is 0 Å². The number of ether oxygens (including phenoxy) is 1. The summed E-state index contributed by atoms with van der Waals surface area (Å²) < 4.78 is 8.84. The largest absolute Gasteiger partial charge is 0.488 e. The minimum absolute atomic E-state index is 0.000256. The van der Waals surface area contributed by atoms with E-state index in [4.69, 9.17) is 4.74 Å². The minimum Gasteiger partial charge on any atom is -0.488 e. The summed E-state index contributed by atoms with van der Waals surface area (Å²) in [7, 11) is 0. The molecule has 8 nitrogen and oxygen atoms in total. The highest BCUT2D eigenvalue weighted by Crippen LogP contribution is 2.24. The maximum atomic E-state index is 13.3. The van der Waals surface area contributed by atoms with Crippen molar-refractivity contribution >= 4 is 54.7 Å². The maximum absolute atomic E-state index is 13.3. The third-order valence-corrected chi connectivity index (χ3v) is 6.14. The molecule has 0 unspecified atom stereocenters. The Labute approximate surface area is 217 Å². The van der Waals surface area contributed by atoms with Gasteiger partial charge in [-0.3, -0.25) is 14.9 Å². The van der Waals surface area contributed by atoms with E-state index in [2.05, 4.69) is 41.9 Å². The van der Waals surface area contributed by atoms with E-state index in [0.29, 0.717) is 33.6 Å². The topological polar surface area (TPSA) is 99.6 Å². The number of nitrogens with zero attached hydrogens (tertiary/aromatic N) is 4. The first-order chi connectivity index (χ1) is 16.7. The van der Waals surface area contributed by atoms with Gasteiger partial charge in [0.25, 0.3) is 11.2 Å². The fourth-order valence-corrected chi connectivity index (χ4v) is 4.18. The van der Waals surface area contributed by atoms with Gasteiger partial charge in [0.2, 0.25) is 0 Å². The molecule has 10 heteroatoms. The lowest BCUT2D eigenvalue weighted by molar-refractivity contribution is -0.384. The Morgan fingerprint density at radius 2 is 1.86 bits per heavy atom. The van der Waals surface area contributed by atoms with Gasteiger partial charge in [0, 0.05) is 32.6 Å². The second-order valence-corrected chi connectivity index (χ2v) is 9.88. The summed E-state index contributed by atoms with van der Waals surface area (Å²) in [6.07, 6.45) is 1.55. The highest BCUT2D eigenvalue weighted by molar-refractivity contribution is 9.10. The monoisotopic (exact) mass is 598 g/mol. The van der Waals surface area contributed by atoms with Crippen LogP contribution >= 0.6 is 31.9 Å².